The molecule has 1 aromatic heterocycles. The van der Waals surface area contributed by atoms with Crippen molar-refractivity contribution in [2.45, 2.75) is 38.3 Å². The van der Waals surface area contributed by atoms with Crippen molar-refractivity contribution >= 4 is 17.6 Å². The number of hydrogen-bond acceptors (Lipinski definition) is 4. The zero-order valence-electron chi connectivity index (χ0n) is 15.7. The van der Waals surface area contributed by atoms with Gasteiger partial charge in [-0.1, -0.05) is 12.1 Å². The summed E-state index contributed by atoms with van der Waals surface area (Å²) in [6.45, 7) is 1.55. The Bertz CT molecular complexity index is 864. The highest BCUT2D eigenvalue weighted by Gasteiger charge is 2.22. The summed E-state index contributed by atoms with van der Waals surface area (Å²) in [5, 5.41) is 5.70. The summed E-state index contributed by atoms with van der Waals surface area (Å²) in [6, 6.07) is 10.7. The van der Waals surface area contributed by atoms with Gasteiger partial charge in [0, 0.05) is 42.6 Å². The van der Waals surface area contributed by atoms with E-state index in [4.69, 9.17) is 4.74 Å². The minimum absolute atomic E-state index is 0.137. The maximum absolute atomic E-state index is 12.6. The van der Waals surface area contributed by atoms with Crippen molar-refractivity contribution in [3.05, 3.63) is 53.7 Å². The molecule has 1 saturated heterocycles. The lowest BCUT2D eigenvalue weighted by atomic mass is 10.1. The Kier molecular flexibility index (Phi) is 5.41. The average Bonchev–Trinajstić information content (AvgIpc) is 3.39. The van der Waals surface area contributed by atoms with Gasteiger partial charge in [0.2, 0.25) is 5.88 Å². The highest BCUT2D eigenvalue weighted by Crippen LogP contribution is 2.25. The van der Waals surface area contributed by atoms with Crippen LogP contribution < -0.4 is 20.3 Å². The molecule has 4 rings (SSSR count). The predicted octanol–water partition coefficient (Wildman–Crippen LogP) is 2.86. The van der Waals surface area contributed by atoms with E-state index in [-0.39, 0.29) is 18.0 Å². The topological polar surface area (TPSA) is 83.6 Å². The second-order valence-corrected chi connectivity index (χ2v) is 7.11. The first-order valence-electron chi connectivity index (χ1n) is 9.75. The monoisotopic (exact) mass is 380 g/mol. The summed E-state index contributed by atoms with van der Waals surface area (Å²) in [4.78, 5) is 30.4. The molecule has 28 heavy (non-hydrogen) atoms. The van der Waals surface area contributed by atoms with Crippen LogP contribution in [0, 0.1) is 0 Å². The number of nitrogens with one attached hydrogen (secondary N) is 2. The maximum Gasteiger partial charge on any atom is 0.321 e. The van der Waals surface area contributed by atoms with Gasteiger partial charge in [-0.3, -0.25) is 9.69 Å². The van der Waals surface area contributed by atoms with Gasteiger partial charge in [-0.05, 0) is 49.9 Å². The molecule has 1 saturated carbocycles. The summed E-state index contributed by atoms with van der Waals surface area (Å²) in [7, 11) is 0. The highest BCUT2D eigenvalue weighted by molar-refractivity contribution is 5.98. The molecule has 2 fully saturated rings. The van der Waals surface area contributed by atoms with Gasteiger partial charge in [0.05, 0.1) is 0 Å². The predicted molar refractivity (Wildman–Crippen MR) is 105 cm³/mol. The van der Waals surface area contributed by atoms with Gasteiger partial charge in [0.15, 0.2) is 0 Å². The Balaban J connectivity index is 1.41. The minimum atomic E-state index is -0.197. The molecule has 2 aromatic rings. The van der Waals surface area contributed by atoms with E-state index in [1.165, 1.54) is 12.8 Å². The van der Waals surface area contributed by atoms with Gasteiger partial charge in [-0.2, -0.15) is 0 Å². The Hall–Kier alpha value is -3.09. The summed E-state index contributed by atoms with van der Waals surface area (Å²) in [6.07, 6.45) is 6.41. The van der Waals surface area contributed by atoms with Crippen molar-refractivity contribution in [2.75, 3.05) is 18.0 Å². The number of hydrogen-bond donors (Lipinski definition) is 2. The maximum atomic E-state index is 12.6. The second kappa shape index (κ2) is 8.29. The van der Waals surface area contributed by atoms with Gasteiger partial charge in [0.25, 0.3) is 5.91 Å². The molecule has 7 heteroatoms. The molecule has 1 aliphatic heterocycles. The molecule has 146 valence electrons. The fourth-order valence-electron chi connectivity index (χ4n) is 3.64. The van der Waals surface area contributed by atoms with Gasteiger partial charge in [0.1, 0.15) is 6.10 Å². The molecule has 1 aliphatic carbocycles. The standard InChI is InChI=1S/C21H24N4O3/c26-19(15-5-3-7-17(13-15)25-12-11-23-21(25)27)24-14-16-6-4-10-22-20(16)28-18-8-1-2-9-18/h3-7,10,13,18H,1-2,8-9,11-12,14H2,(H,23,27)(H,24,26). The van der Waals surface area contributed by atoms with Crippen LogP contribution in [0.4, 0.5) is 10.5 Å². The normalized spacial score (nSPS) is 16.9. The number of carbonyl (C=O) groups excluding carboxylic acids is 2. The van der Waals surface area contributed by atoms with Crippen LogP contribution in [0.2, 0.25) is 0 Å². The number of anilines is 1. The number of pyridine rings is 1. The van der Waals surface area contributed by atoms with E-state index < -0.39 is 0 Å². The molecule has 0 bridgehead atoms. The molecule has 2 aliphatic rings. The minimum Gasteiger partial charge on any atom is -0.474 e. The number of amides is 3. The van der Waals surface area contributed by atoms with Gasteiger partial charge in [-0.25, -0.2) is 9.78 Å². The van der Waals surface area contributed by atoms with E-state index in [0.717, 1.165) is 18.4 Å². The zero-order valence-corrected chi connectivity index (χ0v) is 15.7. The van der Waals surface area contributed by atoms with Gasteiger partial charge in [-0.15, -0.1) is 0 Å². The van der Waals surface area contributed by atoms with E-state index in [1.54, 1.807) is 29.3 Å². The quantitative estimate of drug-likeness (QED) is 0.807. The second-order valence-electron chi connectivity index (χ2n) is 7.11. The molecule has 0 atom stereocenters. The molecular formula is C21H24N4O3. The van der Waals surface area contributed by atoms with E-state index in [1.807, 2.05) is 18.2 Å². The highest BCUT2D eigenvalue weighted by atomic mass is 16.5. The Morgan fingerprint density at radius 2 is 2.11 bits per heavy atom. The SMILES string of the molecule is O=C(NCc1cccnc1OC1CCCC1)c1cccc(N2CCNC2=O)c1. The van der Waals surface area contributed by atoms with Gasteiger partial charge >= 0.3 is 6.03 Å². The van der Waals surface area contributed by atoms with Crippen molar-refractivity contribution in [1.82, 2.24) is 15.6 Å². The lowest BCUT2D eigenvalue weighted by Crippen LogP contribution is -2.28. The smallest absolute Gasteiger partial charge is 0.321 e. The van der Waals surface area contributed by atoms with Crippen LogP contribution in [0.15, 0.2) is 42.6 Å². The van der Waals surface area contributed by atoms with Crippen LogP contribution in [-0.2, 0) is 6.54 Å². The van der Waals surface area contributed by atoms with E-state index >= 15 is 0 Å². The van der Waals surface area contributed by atoms with Crippen molar-refractivity contribution < 1.29 is 14.3 Å². The van der Waals surface area contributed by atoms with Crippen molar-refractivity contribution in [3.8, 4) is 5.88 Å². The number of aromatic nitrogens is 1. The lowest BCUT2D eigenvalue weighted by Gasteiger charge is -2.16. The fraction of sp³-hybridized carbons (Fsp3) is 0.381. The molecule has 0 unspecified atom stereocenters. The van der Waals surface area contributed by atoms with E-state index in [2.05, 4.69) is 15.6 Å². The van der Waals surface area contributed by atoms with Crippen LogP contribution in [0.3, 0.4) is 0 Å². The van der Waals surface area contributed by atoms with Crippen LogP contribution >= 0.6 is 0 Å². The number of urea groups is 1. The molecular weight excluding hydrogens is 356 g/mol. The van der Waals surface area contributed by atoms with E-state index in [9.17, 15) is 9.59 Å². The fourth-order valence-corrected chi connectivity index (χ4v) is 3.64. The van der Waals surface area contributed by atoms with Crippen molar-refractivity contribution in [1.29, 1.82) is 0 Å². The average molecular weight is 380 g/mol. The molecule has 2 N–H and O–H groups in total. The Morgan fingerprint density at radius 3 is 2.89 bits per heavy atom. The largest absolute Gasteiger partial charge is 0.474 e. The van der Waals surface area contributed by atoms with Crippen LogP contribution in [0.5, 0.6) is 5.88 Å². The summed E-state index contributed by atoms with van der Waals surface area (Å²) in [5.41, 5.74) is 2.09. The molecule has 0 spiro atoms. The number of carbonyl (C=O) groups is 2. The number of rotatable bonds is 6. The van der Waals surface area contributed by atoms with Crippen molar-refractivity contribution in [2.24, 2.45) is 0 Å². The first-order chi connectivity index (χ1) is 13.7. The van der Waals surface area contributed by atoms with Crippen LogP contribution in [0.25, 0.3) is 0 Å². The third kappa shape index (κ3) is 4.08. The van der Waals surface area contributed by atoms with Crippen molar-refractivity contribution in [3.63, 3.8) is 0 Å². The third-order valence-corrected chi connectivity index (χ3v) is 5.15. The zero-order chi connectivity index (χ0) is 19.3. The Morgan fingerprint density at radius 1 is 1.25 bits per heavy atom. The number of nitrogens with zero attached hydrogens (tertiary/aromatic N) is 2. The van der Waals surface area contributed by atoms with Crippen LogP contribution in [-0.4, -0.2) is 36.1 Å². The third-order valence-electron chi connectivity index (χ3n) is 5.15. The molecule has 0 radical (unpaired) electrons. The van der Waals surface area contributed by atoms with Crippen LogP contribution in [0.1, 0.15) is 41.6 Å². The first-order valence-corrected chi connectivity index (χ1v) is 9.75. The summed E-state index contributed by atoms with van der Waals surface area (Å²) < 4.78 is 6.03. The van der Waals surface area contributed by atoms with Gasteiger partial charge < -0.3 is 15.4 Å². The Labute approximate surface area is 164 Å². The molecule has 2 heterocycles. The number of benzene rings is 1. The molecule has 3 amide bonds. The first kappa shape index (κ1) is 18.3. The van der Waals surface area contributed by atoms with E-state index in [0.29, 0.717) is 36.8 Å². The molecule has 1 aromatic carbocycles. The summed E-state index contributed by atoms with van der Waals surface area (Å²) in [5.74, 6) is 0.398. The molecule has 7 nitrogen and oxygen atoms in total. The lowest BCUT2D eigenvalue weighted by molar-refractivity contribution is 0.0950. The summed E-state index contributed by atoms with van der Waals surface area (Å²) >= 11 is 0. The number of ether oxygens (including phenoxy) is 1.